The van der Waals surface area contributed by atoms with Gasteiger partial charge in [0.2, 0.25) is 0 Å². The molecule has 2 rings (SSSR count). The Bertz CT molecular complexity index is 482. The number of nitrogens with zero attached hydrogens (tertiary/aromatic N) is 2. The molecule has 0 saturated heterocycles. The number of hydrogen-bond donors (Lipinski definition) is 0. The molecule has 0 unspecified atom stereocenters. The minimum Gasteiger partial charge on any atom is -0.355 e. The predicted octanol–water partition coefficient (Wildman–Crippen LogP) is 4.13. The summed E-state index contributed by atoms with van der Waals surface area (Å²) in [6, 6.07) is 11.8. The second-order valence-corrected chi connectivity index (χ2v) is 5.17. The van der Waals surface area contributed by atoms with Gasteiger partial charge in [-0.15, -0.1) is 0 Å². The predicted molar refractivity (Wildman–Crippen MR) is 75.5 cm³/mol. The molecule has 0 radical (unpaired) electrons. The first-order valence-electron chi connectivity index (χ1n) is 5.22. The molecule has 0 amide bonds. The van der Waals surface area contributed by atoms with Crippen LogP contribution >= 0.6 is 27.5 Å². The summed E-state index contributed by atoms with van der Waals surface area (Å²) in [5, 5.41) is 0.762. The molecule has 17 heavy (non-hydrogen) atoms. The van der Waals surface area contributed by atoms with E-state index in [-0.39, 0.29) is 0 Å². The molecular weight excluding hydrogens is 300 g/mol. The molecule has 2 nitrogen and oxygen atoms in total. The summed E-state index contributed by atoms with van der Waals surface area (Å²) in [6.07, 6.45) is 1.80. The lowest BCUT2D eigenvalue weighted by Crippen LogP contribution is -2.17. The Morgan fingerprint density at radius 2 is 1.88 bits per heavy atom. The van der Waals surface area contributed by atoms with Crippen LogP contribution in [-0.2, 0) is 6.54 Å². The lowest BCUT2D eigenvalue weighted by molar-refractivity contribution is 0.897. The number of halogens is 2. The lowest BCUT2D eigenvalue weighted by atomic mass is 10.2. The van der Waals surface area contributed by atoms with Crippen LogP contribution in [0.5, 0.6) is 0 Å². The lowest BCUT2D eigenvalue weighted by Gasteiger charge is -2.18. The van der Waals surface area contributed by atoms with E-state index < -0.39 is 0 Å². The highest BCUT2D eigenvalue weighted by Gasteiger charge is 2.03. The van der Waals surface area contributed by atoms with Crippen LogP contribution in [0.2, 0.25) is 5.02 Å². The summed E-state index contributed by atoms with van der Waals surface area (Å²) >= 11 is 9.23. The van der Waals surface area contributed by atoms with E-state index in [0.29, 0.717) is 0 Å². The molecule has 2 aromatic rings. The van der Waals surface area contributed by atoms with E-state index in [1.54, 1.807) is 6.20 Å². The molecular formula is C13H12BrClN2. The molecule has 4 heteroatoms. The Hall–Kier alpha value is -1.06. The van der Waals surface area contributed by atoms with Crippen molar-refractivity contribution in [1.82, 2.24) is 4.98 Å². The first kappa shape index (κ1) is 12.4. The van der Waals surface area contributed by atoms with Crippen LogP contribution in [0.4, 0.5) is 5.82 Å². The maximum absolute atomic E-state index is 5.85. The van der Waals surface area contributed by atoms with Gasteiger partial charge in [0.25, 0.3) is 0 Å². The number of rotatable bonds is 3. The third-order valence-corrected chi connectivity index (χ3v) is 3.16. The zero-order valence-corrected chi connectivity index (χ0v) is 11.7. The standard InChI is InChI=1S/C13H12BrClN2/c1-17(13-7-4-11(14)8-16-13)9-10-2-5-12(15)6-3-10/h2-8H,9H2,1H3. The van der Waals surface area contributed by atoms with Gasteiger partial charge in [0.1, 0.15) is 5.82 Å². The number of anilines is 1. The molecule has 0 bridgehead atoms. The first-order valence-corrected chi connectivity index (χ1v) is 6.39. The third kappa shape index (κ3) is 3.45. The average Bonchev–Trinajstić information content (AvgIpc) is 2.33. The van der Waals surface area contributed by atoms with Crippen molar-refractivity contribution < 1.29 is 0 Å². The second-order valence-electron chi connectivity index (χ2n) is 3.82. The van der Waals surface area contributed by atoms with Crippen molar-refractivity contribution in [2.45, 2.75) is 6.54 Å². The van der Waals surface area contributed by atoms with Crippen molar-refractivity contribution >= 4 is 33.3 Å². The summed E-state index contributed by atoms with van der Waals surface area (Å²) in [5.74, 6) is 0.947. The smallest absolute Gasteiger partial charge is 0.128 e. The van der Waals surface area contributed by atoms with E-state index in [9.17, 15) is 0 Å². The fourth-order valence-corrected chi connectivity index (χ4v) is 1.90. The Morgan fingerprint density at radius 1 is 1.18 bits per heavy atom. The van der Waals surface area contributed by atoms with Crippen LogP contribution in [0.25, 0.3) is 0 Å². The number of hydrogen-bond acceptors (Lipinski definition) is 2. The molecule has 1 aromatic carbocycles. The SMILES string of the molecule is CN(Cc1ccc(Cl)cc1)c1ccc(Br)cn1. The van der Waals surface area contributed by atoms with Crippen LogP contribution in [0, 0.1) is 0 Å². The van der Waals surface area contributed by atoms with Crippen LogP contribution in [0.1, 0.15) is 5.56 Å². The fraction of sp³-hybridized carbons (Fsp3) is 0.154. The van der Waals surface area contributed by atoms with Gasteiger partial charge in [-0.3, -0.25) is 0 Å². The van der Waals surface area contributed by atoms with Crippen molar-refractivity contribution in [2.24, 2.45) is 0 Å². The highest BCUT2D eigenvalue weighted by molar-refractivity contribution is 9.10. The maximum Gasteiger partial charge on any atom is 0.128 e. The van der Waals surface area contributed by atoms with Crippen molar-refractivity contribution in [3.8, 4) is 0 Å². The molecule has 88 valence electrons. The second kappa shape index (κ2) is 5.52. The van der Waals surface area contributed by atoms with Gasteiger partial charge in [-0.1, -0.05) is 23.7 Å². The number of pyridine rings is 1. The van der Waals surface area contributed by atoms with E-state index >= 15 is 0 Å². The molecule has 0 saturated carbocycles. The van der Waals surface area contributed by atoms with E-state index in [2.05, 4.69) is 25.8 Å². The number of benzene rings is 1. The molecule has 0 fully saturated rings. The topological polar surface area (TPSA) is 16.1 Å². The van der Waals surface area contributed by atoms with Crippen LogP contribution in [0.15, 0.2) is 47.1 Å². The molecule has 0 aliphatic carbocycles. The summed E-state index contributed by atoms with van der Waals surface area (Å²) in [7, 11) is 2.02. The zero-order valence-electron chi connectivity index (χ0n) is 9.40. The van der Waals surface area contributed by atoms with Gasteiger partial charge in [0.05, 0.1) is 0 Å². The van der Waals surface area contributed by atoms with Gasteiger partial charge >= 0.3 is 0 Å². The highest BCUT2D eigenvalue weighted by atomic mass is 79.9. The molecule has 0 aliphatic heterocycles. The van der Waals surface area contributed by atoms with Crippen molar-refractivity contribution in [1.29, 1.82) is 0 Å². The molecule has 0 aliphatic rings. The van der Waals surface area contributed by atoms with Crippen LogP contribution in [0.3, 0.4) is 0 Å². The summed E-state index contributed by atoms with van der Waals surface area (Å²) in [5.41, 5.74) is 1.21. The summed E-state index contributed by atoms with van der Waals surface area (Å²) in [4.78, 5) is 6.44. The Balaban J connectivity index is 2.08. The van der Waals surface area contributed by atoms with Gasteiger partial charge in [0.15, 0.2) is 0 Å². The Morgan fingerprint density at radius 3 is 2.47 bits per heavy atom. The van der Waals surface area contributed by atoms with E-state index in [1.165, 1.54) is 5.56 Å². The Labute approximate surface area is 114 Å². The third-order valence-electron chi connectivity index (χ3n) is 2.44. The van der Waals surface area contributed by atoms with E-state index in [1.807, 2.05) is 43.4 Å². The fourth-order valence-electron chi connectivity index (χ4n) is 1.54. The van der Waals surface area contributed by atoms with Crippen molar-refractivity contribution in [3.05, 3.63) is 57.7 Å². The van der Waals surface area contributed by atoms with Crippen molar-refractivity contribution in [3.63, 3.8) is 0 Å². The van der Waals surface area contributed by atoms with Gasteiger partial charge in [0, 0.05) is 29.3 Å². The minimum absolute atomic E-state index is 0.762. The average molecular weight is 312 g/mol. The van der Waals surface area contributed by atoms with Crippen LogP contribution in [-0.4, -0.2) is 12.0 Å². The zero-order chi connectivity index (χ0) is 12.3. The molecule has 0 N–H and O–H groups in total. The molecule has 1 heterocycles. The largest absolute Gasteiger partial charge is 0.355 e. The van der Waals surface area contributed by atoms with Gasteiger partial charge in [-0.25, -0.2) is 4.98 Å². The summed E-state index contributed by atoms with van der Waals surface area (Å²) < 4.78 is 0.987. The van der Waals surface area contributed by atoms with Crippen LogP contribution < -0.4 is 4.90 Å². The normalized spacial score (nSPS) is 10.3. The minimum atomic E-state index is 0.762. The quantitative estimate of drug-likeness (QED) is 0.847. The molecule has 0 atom stereocenters. The van der Waals surface area contributed by atoms with E-state index in [0.717, 1.165) is 21.9 Å². The first-order chi connectivity index (χ1) is 8.15. The monoisotopic (exact) mass is 310 g/mol. The molecule has 0 spiro atoms. The summed E-state index contributed by atoms with van der Waals surface area (Å²) in [6.45, 7) is 0.811. The van der Waals surface area contributed by atoms with Crippen molar-refractivity contribution in [2.75, 3.05) is 11.9 Å². The molecule has 1 aromatic heterocycles. The maximum atomic E-state index is 5.85. The number of aromatic nitrogens is 1. The Kier molecular flexibility index (Phi) is 4.02. The van der Waals surface area contributed by atoms with Gasteiger partial charge in [-0.2, -0.15) is 0 Å². The van der Waals surface area contributed by atoms with Gasteiger partial charge < -0.3 is 4.90 Å². The van der Waals surface area contributed by atoms with Gasteiger partial charge in [-0.05, 0) is 45.8 Å². The van der Waals surface area contributed by atoms with E-state index in [4.69, 9.17) is 11.6 Å². The highest BCUT2D eigenvalue weighted by Crippen LogP contribution is 2.16.